The molecule has 1 heterocycles. The molecule has 22 heavy (non-hydrogen) atoms. The van der Waals surface area contributed by atoms with Gasteiger partial charge in [-0.1, -0.05) is 11.6 Å². The van der Waals surface area contributed by atoms with Gasteiger partial charge in [0.1, 0.15) is 12.3 Å². The van der Waals surface area contributed by atoms with Gasteiger partial charge in [0.25, 0.3) is 0 Å². The first kappa shape index (κ1) is 16.0. The van der Waals surface area contributed by atoms with Crippen molar-refractivity contribution in [2.75, 3.05) is 7.05 Å². The summed E-state index contributed by atoms with van der Waals surface area (Å²) in [6.07, 6.45) is 1.37. The normalized spacial score (nSPS) is 12.0. The highest BCUT2D eigenvalue weighted by Crippen LogP contribution is 2.21. The molecule has 6 nitrogen and oxygen atoms in total. The fourth-order valence-corrected chi connectivity index (χ4v) is 1.90. The van der Waals surface area contributed by atoms with Crippen LogP contribution < -0.4 is 0 Å². The second-order valence-electron chi connectivity index (χ2n) is 4.85. The van der Waals surface area contributed by atoms with Gasteiger partial charge in [0.15, 0.2) is 0 Å². The van der Waals surface area contributed by atoms with Crippen LogP contribution in [0, 0.1) is 0 Å². The Morgan fingerprint density at radius 1 is 1.36 bits per heavy atom. The largest absolute Gasteiger partial charge is 0.480 e. The van der Waals surface area contributed by atoms with Gasteiger partial charge in [-0.15, -0.1) is 0 Å². The Kier molecular flexibility index (Phi) is 4.82. The first-order valence-corrected chi connectivity index (χ1v) is 6.95. The first-order valence-electron chi connectivity index (χ1n) is 6.57. The highest BCUT2D eigenvalue weighted by Gasteiger charge is 2.22. The van der Waals surface area contributed by atoms with Crippen LogP contribution in [0.25, 0.3) is 11.5 Å². The molecule has 0 bridgehead atoms. The van der Waals surface area contributed by atoms with Gasteiger partial charge >= 0.3 is 5.97 Å². The number of carbonyl (C=O) groups excluding carboxylic acids is 1. The molecule has 2 aromatic rings. The molecule has 0 fully saturated rings. The van der Waals surface area contributed by atoms with Crippen molar-refractivity contribution in [3.05, 3.63) is 41.2 Å². The SMILES string of the molecule is CC(C(=O)O)N(C)C(=O)Cc1coc(-c2ccc(Cl)cc2)n1. The Morgan fingerprint density at radius 3 is 2.59 bits per heavy atom. The van der Waals surface area contributed by atoms with Gasteiger partial charge in [-0.05, 0) is 31.2 Å². The molecule has 0 radical (unpaired) electrons. The molecule has 116 valence electrons. The lowest BCUT2D eigenvalue weighted by Crippen LogP contribution is -2.41. The zero-order valence-electron chi connectivity index (χ0n) is 12.1. The molecule has 1 unspecified atom stereocenters. The minimum absolute atomic E-state index is 0.0226. The number of hydrogen-bond donors (Lipinski definition) is 1. The average molecular weight is 323 g/mol. The maximum absolute atomic E-state index is 12.0. The fourth-order valence-electron chi connectivity index (χ4n) is 1.77. The van der Waals surface area contributed by atoms with Gasteiger partial charge in [-0.25, -0.2) is 9.78 Å². The molecule has 0 aliphatic carbocycles. The summed E-state index contributed by atoms with van der Waals surface area (Å²) in [4.78, 5) is 28.3. The molecule has 0 aliphatic heterocycles. The number of aromatic nitrogens is 1. The van der Waals surface area contributed by atoms with Crippen molar-refractivity contribution >= 4 is 23.5 Å². The maximum Gasteiger partial charge on any atom is 0.326 e. The van der Waals surface area contributed by atoms with Crippen molar-refractivity contribution in [2.24, 2.45) is 0 Å². The van der Waals surface area contributed by atoms with Crippen LogP contribution in [-0.2, 0) is 16.0 Å². The molecule has 0 spiro atoms. The zero-order chi connectivity index (χ0) is 16.3. The molecular weight excluding hydrogens is 308 g/mol. The predicted molar refractivity (Wildman–Crippen MR) is 80.5 cm³/mol. The Bertz CT molecular complexity index is 681. The van der Waals surface area contributed by atoms with Crippen molar-refractivity contribution in [3.63, 3.8) is 0 Å². The number of hydrogen-bond acceptors (Lipinski definition) is 4. The molecule has 0 saturated carbocycles. The van der Waals surface area contributed by atoms with E-state index in [2.05, 4.69) is 4.98 Å². The van der Waals surface area contributed by atoms with Crippen LogP contribution in [0.15, 0.2) is 34.9 Å². The predicted octanol–water partition coefficient (Wildman–Crippen LogP) is 2.47. The van der Waals surface area contributed by atoms with E-state index in [4.69, 9.17) is 21.1 Å². The zero-order valence-corrected chi connectivity index (χ0v) is 12.9. The summed E-state index contributed by atoms with van der Waals surface area (Å²) in [5.41, 5.74) is 1.19. The van der Waals surface area contributed by atoms with Crippen molar-refractivity contribution in [1.29, 1.82) is 0 Å². The van der Waals surface area contributed by atoms with Gasteiger partial charge < -0.3 is 14.4 Å². The van der Waals surface area contributed by atoms with E-state index in [1.54, 1.807) is 24.3 Å². The lowest BCUT2D eigenvalue weighted by atomic mass is 10.2. The summed E-state index contributed by atoms with van der Waals surface area (Å²) >= 11 is 5.81. The number of nitrogens with zero attached hydrogens (tertiary/aromatic N) is 2. The van der Waals surface area contributed by atoms with E-state index in [0.717, 1.165) is 5.56 Å². The molecule has 0 saturated heterocycles. The van der Waals surface area contributed by atoms with Gasteiger partial charge in [-0.3, -0.25) is 4.79 Å². The van der Waals surface area contributed by atoms with Crippen LogP contribution in [0.5, 0.6) is 0 Å². The van der Waals surface area contributed by atoms with E-state index in [1.807, 2.05) is 0 Å². The van der Waals surface area contributed by atoms with E-state index in [1.165, 1.54) is 25.1 Å². The van der Waals surface area contributed by atoms with E-state index < -0.39 is 12.0 Å². The number of amides is 1. The van der Waals surface area contributed by atoms with Crippen LogP contribution in [0.1, 0.15) is 12.6 Å². The van der Waals surface area contributed by atoms with Crippen molar-refractivity contribution in [3.8, 4) is 11.5 Å². The summed E-state index contributed by atoms with van der Waals surface area (Å²) in [7, 11) is 1.45. The maximum atomic E-state index is 12.0. The molecule has 1 aromatic carbocycles. The number of likely N-dealkylation sites (N-methyl/N-ethyl adjacent to an activating group) is 1. The van der Waals surface area contributed by atoms with Crippen LogP contribution in [0.4, 0.5) is 0 Å². The molecule has 0 aliphatic rings. The minimum Gasteiger partial charge on any atom is -0.480 e. The lowest BCUT2D eigenvalue weighted by molar-refractivity contribution is -0.148. The summed E-state index contributed by atoms with van der Waals surface area (Å²) in [6.45, 7) is 1.45. The van der Waals surface area contributed by atoms with Crippen LogP contribution in [0.2, 0.25) is 5.02 Å². The summed E-state index contributed by atoms with van der Waals surface area (Å²) in [5, 5.41) is 9.51. The highest BCUT2D eigenvalue weighted by atomic mass is 35.5. The number of oxazole rings is 1. The Hall–Kier alpha value is -2.34. The lowest BCUT2D eigenvalue weighted by Gasteiger charge is -2.20. The van der Waals surface area contributed by atoms with E-state index in [9.17, 15) is 9.59 Å². The smallest absolute Gasteiger partial charge is 0.326 e. The minimum atomic E-state index is -1.06. The highest BCUT2D eigenvalue weighted by molar-refractivity contribution is 6.30. The van der Waals surface area contributed by atoms with Crippen molar-refractivity contribution in [1.82, 2.24) is 9.88 Å². The number of carbonyl (C=O) groups is 2. The third kappa shape index (κ3) is 3.65. The topological polar surface area (TPSA) is 83.6 Å². The number of carboxylic acid groups (broad SMARTS) is 1. The number of carboxylic acids is 1. The molecular formula is C15H15ClN2O4. The van der Waals surface area contributed by atoms with Crippen LogP contribution in [-0.4, -0.2) is 40.0 Å². The fraction of sp³-hybridized carbons (Fsp3) is 0.267. The second kappa shape index (κ2) is 6.62. The Morgan fingerprint density at radius 2 is 2.00 bits per heavy atom. The third-order valence-electron chi connectivity index (χ3n) is 3.31. The van der Waals surface area contributed by atoms with Crippen LogP contribution >= 0.6 is 11.6 Å². The standard InChI is InChI=1S/C15H15ClN2O4/c1-9(15(20)21)18(2)13(19)7-12-8-22-14(17-12)10-3-5-11(16)6-4-10/h3-6,8-9H,7H2,1-2H3,(H,20,21). The van der Waals surface area contributed by atoms with Gasteiger partial charge in [-0.2, -0.15) is 0 Å². The van der Waals surface area contributed by atoms with Crippen molar-refractivity contribution < 1.29 is 19.1 Å². The molecule has 1 amide bonds. The molecule has 2 rings (SSSR count). The third-order valence-corrected chi connectivity index (χ3v) is 3.56. The number of rotatable bonds is 5. The first-order chi connectivity index (χ1) is 10.4. The van der Waals surface area contributed by atoms with Crippen molar-refractivity contribution in [2.45, 2.75) is 19.4 Å². The summed E-state index contributed by atoms with van der Waals surface area (Å²) in [5.74, 6) is -1.02. The van der Waals surface area contributed by atoms with Gasteiger partial charge in [0, 0.05) is 17.6 Å². The number of aliphatic carboxylic acids is 1. The second-order valence-corrected chi connectivity index (χ2v) is 5.28. The molecule has 1 N–H and O–H groups in total. The molecule has 1 aromatic heterocycles. The van der Waals surface area contributed by atoms with E-state index in [0.29, 0.717) is 16.6 Å². The number of benzene rings is 1. The van der Waals surface area contributed by atoms with E-state index >= 15 is 0 Å². The van der Waals surface area contributed by atoms with Gasteiger partial charge in [0.05, 0.1) is 12.1 Å². The Balaban J connectivity index is 2.07. The molecule has 1 atom stereocenters. The summed E-state index contributed by atoms with van der Waals surface area (Å²) < 4.78 is 5.34. The van der Waals surface area contributed by atoms with Gasteiger partial charge in [0.2, 0.25) is 11.8 Å². The van der Waals surface area contributed by atoms with E-state index in [-0.39, 0.29) is 12.3 Å². The van der Waals surface area contributed by atoms with Crippen LogP contribution in [0.3, 0.4) is 0 Å². The Labute approximate surface area is 132 Å². The molecule has 7 heteroatoms. The monoisotopic (exact) mass is 322 g/mol. The average Bonchev–Trinajstić information content (AvgIpc) is 2.94. The number of halogens is 1. The summed E-state index contributed by atoms with van der Waals surface area (Å²) in [6, 6.07) is 6.06. The quantitative estimate of drug-likeness (QED) is 0.914.